The molecule has 5 heteroatoms. The minimum Gasteiger partial charge on any atom is -0.493 e. The van der Waals surface area contributed by atoms with E-state index in [0.29, 0.717) is 5.75 Å². The van der Waals surface area contributed by atoms with E-state index in [1.807, 2.05) is 18.2 Å². The zero-order valence-electron chi connectivity index (χ0n) is 14.6. The first-order valence-electron chi connectivity index (χ1n) is 8.80. The van der Waals surface area contributed by atoms with Crippen molar-refractivity contribution in [1.82, 2.24) is 4.90 Å². The Balaban J connectivity index is 1.98. The zero-order valence-corrected chi connectivity index (χ0v) is 14.6. The fourth-order valence-corrected chi connectivity index (χ4v) is 4.04. The lowest BCUT2D eigenvalue weighted by atomic mass is 9.88. The van der Waals surface area contributed by atoms with Crippen LogP contribution in [0.1, 0.15) is 44.1 Å². The molecule has 0 amide bonds. The van der Waals surface area contributed by atoms with Crippen LogP contribution in [0.4, 0.5) is 0 Å². The van der Waals surface area contributed by atoms with Crippen LogP contribution in [-0.2, 0) is 10.3 Å². The first-order valence-corrected chi connectivity index (χ1v) is 8.80. The number of rotatable bonds is 5. The minimum atomic E-state index is -0.508. The van der Waals surface area contributed by atoms with Crippen LogP contribution in [0.5, 0.6) is 11.5 Å². The number of benzene rings is 1. The minimum absolute atomic E-state index is 0.137. The van der Waals surface area contributed by atoms with Crippen LogP contribution in [0.3, 0.4) is 0 Å². The van der Waals surface area contributed by atoms with Gasteiger partial charge in [-0.25, -0.2) is 4.79 Å². The third-order valence-corrected chi connectivity index (χ3v) is 5.26. The number of methoxy groups -OCH3 is 1. The van der Waals surface area contributed by atoms with Crippen molar-refractivity contribution in [2.24, 2.45) is 4.99 Å². The van der Waals surface area contributed by atoms with Crippen LogP contribution in [0.2, 0.25) is 0 Å². The Morgan fingerprint density at radius 1 is 1.29 bits per heavy atom. The molecular formula is C19H26N2O3. The molecular weight excluding hydrogens is 304 g/mol. The monoisotopic (exact) mass is 330 g/mol. The first-order chi connectivity index (χ1) is 11.7. The Labute approximate surface area is 143 Å². The molecule has 2 aliphatic rings. The van der Waals surface area contributed by atoms with E-state index in [1.165, 1.54) is 0 Å². The second kappa shape index (κ2) is 7.37. The molecule has 1 saturated carbocycles. The quantitative estimate of drug-likeness (QED) is 0.614. The third kappa shape index (κ3) is 3.33. The normalized spacial score (nSPS) is 23.5. The van der Waals surface area contributed by atoms with Crippen LogP contribution in [0.25, 0.3) is 0 Å². The molecule has 0 aromatic heterocycles. The van der Waals surface area contributed by atoms with Gasteiger partial charge in [-0.15, -0.1) is 0 Å². The molecule has 1 aliphatic carbocycles. The average Bonchev–Trinajstić information content (AvgIpc) is 3.05. The van der Waals surface area contributed by atoms with Gasteiger partial charge in [-0.2, -0.15) is 4.99 Å². The van der Waals surface area contributed by atoms with Crippen molar-refractivity contribution < 1.29 is 14.3 Å². The number of isocyanates is 1. The molecule has 1 heterocycles. The van der Waals surface area contributed by atoms with Gasteiger partial charge in [0.25, 0.3) is 0 Å². The standard InChI is InChI=1S/C19H26N2O3/c1-21-12-6-7-15(13-21)24-18-16(8-5-9-17(18)23-2)19(20-14-22)10-3-4-11-19/h5,8-9,15H,3-4,6-7,10-13H2,1-2H3. The van der Waals surface area contributed by atoms with E-state index in [1.54, 1.807) is 13.2 Å². The number of nitrogens with zero attached hydrogens (tertiary/aromatic N) is 2. The molecule has 1 aliphatic heterocycles. The van der Waals surface area contributed by atoms with E-state index in [2.05, 4.69) is 16.9 Å². The second-order valence-electron chi connectivity index (χ2n) is 6.92. The van der Waals surface area contributed by atoms with Crippen LogP contribution in [-0.4, -0.2) is 44.3 Å². The topological polar surface area (TPSA) is 51.1 Å². The Kier molecular flexibility index (Phi) is 5.22. The molecule has 0 spiro atoms. The predicted molar refractivity (Wildman–Crippen MR) is 92.4 cm³/mol. The number of likely N-dealkylation sites (tertiary alicyclic amines) is 1. The smallest absolute Gasteiger partial charge is 0.235 e. The lowest BCUT2D eigenvalue weighted by molar-refractivity contribution is 0.0988. The highest BCUT2D eigenvalue weighted by molar-refractivity contribution is 5.52. The Morgan fingerprint density at radius 2 is 2.08 bits per heavy atom. The van der Waals surface area contributed by atoms with Crippen molar-refractivity contribution in [3.05, 3.63) is 23.8 Å². The van der Waals surface area contributed by atoms with Crippen LogP contribution < -0.4 is 9.47 Å². The maximum absolute atomic E-state index is 11.1. The Morgan fingerprint density at radius 3 is 2.75 bits per heavy atom. The predicted octanol–water partition coefficient (Wildman–Crippen LogP) is 3.27. The van der Waals surface area contributed by atoms with Crippen molar-refractivity contribution >= 4 is 6.08 Å². The number of hydrogen-bond acceptors (Lipinski definition) is 5. The van der Waals surface area contributed by atoms with E-state index in [-0.39, 0.29) is 6.10 Å². The van der Waals surface area contributed by atoms with E-state index in [9.17, 15) is 4.79 Å². The van der Waals surface area contributed by atoms with Crippen molar-refractivity contribution in [3.63, 3.8) is 0 Å². The van der Waals surface area contributed by atoms with Gasteiger partial charge in [0, 0.05) is 12.1 Å². The maximum atomic E-state index is 11.1. The average molecular weight is 330 g/mol. The van der Waals surface area contributed by atoms with Crippen molar-refractivity contribution in [3.8, 4) is 11.5 Å². The van der Waals surface area contributed by atoms with Crippen molar-refractivity contribution in [1.29, 1.82) is 0 Å². The molecule has 1 atom stereocenters. The van der Waals surface area contributed by atoms with Gasteiger partial charge >= 0.3 is 0 Å². The van der Waals surface area contributed by atoms with Gasteiger partial charge in [0.1, 0.15) is 11.6 Å². The third-order valence-electron chi connectivity index (χ3n) is 5.26. The number of aliphatic imine (C=N–C) groups is 1. The van der Waals surface area contributed by atoms with E-state index in [4.69, 9.17) is 9.47 Å². The van der Waals surface area contributed by atoms with Crippen LogP contribution >= 0.6 is 0 Å². The summed E-state index contributed by atoms with van der Waals surface area (Å²) in [5.41, 5.74) is 0.461. The molecule has 0 radical (unpaired) electrons. The molecule has 0 bridgehead atoms. The molecule has 130 valence electrons. The molecule has 3 rings (SSSR count). The van der Waals surface area contributed by atoms with E-state index >= 15 is 0 Å². The summed E-state index contributed by atoms with van der Waals surface area (Å²) in [4.78, 5) is 17.6. The number of carbonyl (C=O) groups excluding carboxylic acids is 1. The summed E-state index contributed by atoms with van der Waals surface area (Å²) in [6.45, 7) is 2.01. The maximum Gasteiger partial charge on any atom is 0.235 e. The molecule has 1 aromatic carbocycles. The van der Waals surface area contributed by atoms with Gasteiger partial charge in [-0.1, -0.05) is 25.0 Å². The fraction of sp³-hybridized carbons (Fsp3) is 0.632. The Hall–Kier alpha value is -1.84. The highest BCUT2D eigenvalue weighted by Crippen LogP contribution is 2.48. The Bertz CT molecular complexity index is 619. The molecule has 24 heavy (non-hydrogen) atoms. The second-order valence-corrected chi connectivity index (χ2v) is 6.92. The highest BCUT2D eigenvalue weighted by Gasteiger charge is 2.39. The van der Waals surface area contributed by atoms with E-state index in [0.717, 1.165) is 62.9 Å². The lowest BCUT2D eigenvalue weighted by Gasteiger charge is -2.33. The number of piperidine rings is 1. The fourth-order valence-electron chi connectivity index (χ4n) is 4.04. The van der Waals surface area contributed by atoms with Gasteiger partial charge in [-0.05, 0) is 45.3 Å². The summed E-state index contributed by atoms with van der Waals surface area (Å²) < 4.78 is 12.0. The summed E-state index contributed by atoms with van der Waals surface area (Å²) in [5, 5.41) is 0. The first kappa shape index (κ1) is 17.0. The van der Waals surface area contributed by atoms with Gasteiger partial charge < -0.3 is 14.4 Å². The lowest BCUT2D eigenvalue weighted by Crippen LogP contribution is -2.39. The summed E-state index contributed by atoms with van der Waals surface area (Å²) in [6.07, 6.45) is 7.93. The highest BCUT2D eigenvalue weighted by atomic mass is 16.5. The summed E-state index contributed by atoms with van der Waals surface area (Å²) >= 11 is 0. The van der Waals surface area contributed by atoms with Gasteiger partial charge in [0.05, 0.1) is 7.11 Å². The molecule has 1 aromatic rings. The van der Waals surface area contributed by atoms with Crippen molar-refractivity contribution in [2.75, 3.05) is 27.2 Å². The van der Waals surface area contributed by atoms with Gasteiger partial charge in [0.2, 0.25) is 6.08 Å². The molecule has 1 unspecified atom stereocenters. The summed E-state index contributed by atoms with van der Waals surface area (Å²) in [6, 6.07) is 5.89. The number of ether oxygens (including phenoxy) is 2. The molecule has 1 saturated heterocycles. The number of hydrogen-bond donors (Lipinski definition) is 0. The van der Waals surface area contributed by atoms with Crippen molar-refractivity contribution in [2.45, 2.75) is 50.2 Å². The SMILES string of the molecule is COc1cccc(C2(N=C=O)CCCC2)c1OC1CCCN(C)C1. The van der Waals surface area contributed by atoms with E-state index < -0.39 is 5.54 Å². The molecule has 2 fully saturated rings. The van der Waals surface area contributed by atoms with Gasteiger partial charge in [-0.3, -0.25) is 0 Å². The summed E-state index contributed by atoms with van der Waals surface area (Å²) in [7, 11) is 3.77. The largest absolute Gasteiger partial charge is 0.493 e. The van der Waals surface area contributed by atoms with Gasteiger partial charge in [0.15, 0.2) is 11.5 Å². The number of likely N-dealkylation sites (N-methyl/N-ethyl adjacent to an activating group) is 1. The summed E-state index contributed by atoms with van der Waals surface area (Å²) in [5.74, 6) is 1.47. The van der Waals surface area contributed by atoms with Crippen LogP contribution in [0, 0.1) is 0 Å². The van der Waals surface area contributed by atoms with Crippen LogP contribution in [0.15, 0.2) is 23.2 Å². The number of para-hydroxylation sites is 1. The molecule has 5 nitrogen and oxygen atoms in total. The zero-order chi connectivity index (χ0) is 17.0. The molecule has 0 N–H and O–H groups in total.